The third-order valence-electron chi connectivity index (χ3n) is 3.39. The number of rotatable bonds is 1. The third-order valence-corrected chi connectivity index (χ3v) is 3.39. The molecule has 0 aliphatic carbocycles. The van der Waals surface area contributed by atoms with Gasteiger partial charge in [-0.1, -0.05) is 42.0 Å². The molecule has 90 valence electrons. The first kappa shape index (κ1) is 11.0. The van der Waals surface area contributed by atoms with Crippen LogP contribution in [0.3, 0.4) is 0 Å². The van der Waals surface area contributed by atoms with Crippen LogP contribution in [0.25, 0.3) is 0 Å². The van der Waals surface area contributed by atoms with Crippen molar-refractivity contribution in [3.05, 3.63) is 70.8 Å². The summed E-state index contributed by atoms with van der Waals surface area (Å²) in [5.74, 6) is 0.120. The Hall–Kier alpha value is -2.09. The Morgan fingerprint density at radius 2 is 1.67 bits per heavy atom. The fourth-order valence-corrected chi connectivity index (χ4v) is 2.44. The number of aryl methyl sites for hydroxylation is 1. The molecule has 3 rings (SSSR count). The van der Waals surface area contributed by atoms with Gasteiger partial charge in [0.1, 0.15) is 0 Å². The number of fused-ring (bicyclic) bond motifs is 1. The van der Waals surface area contributed by atoms with Crippen molar-refractivity contribution in [3.63, 3.8) is 0 Å². The lowest BCUT2D eigenvalue weighted by Crippen LogP contribution is -2.25. The normalized spacial score (nSPS) is 13.5. The van der Waals surface area contributed by atoms with Crippen molar-refractivity contribution < 1.29 is 4.79 Å². The number of benzene rings is 2. The van der Waals surface area contributed by atoms with Gasteiger partial charge in [0.05, 0.1) is 0 Å². The Morgan fingerprint density at radius 1 is 1.00 bits per heavy atom. The molecule has 0 unspecified atom stereocenters. The molecule has 0 atom stereocenters. The Morgan fingerprint density at radius 3 is 2.28 bits per heavy atom. The zero-order valence-corrected chi connectivity index (χ0v) is 10.4. The molecule has 1 aliphatic rings. The second-order valence-electron chi connectivity index (χ2n) is 4.80. The van der Waals surface area contributed by atoms with E-state index in [-0.39, 0.29) is 5.91 Å². The average Bonchev–Trinajstić information content (AvgIpc) is 2.81. The first-order valence-corrected chi connectivity index (χ1v) is 6.17. The predicted molar refractivity (Wildman–Crippen MR) is 71.2 cm³/mol. The van der Waals surface area contributed by atoms with Gasteiger partial charge >= 0.3 is 0 Å². The summed E-state index contributed by atoms with van der Waals surface area (Å²) in [7, 11) is 0. The van der Waals surface area contributed by atoms with Gasteiger partial charge in [0, 0.05) is 18.7 Å². The van der Waals surface area contributed by atoms with E-state index in [0.29, 0.717) is 0 Å². The highest BCUT2D eigenvalue weighted by atomic mass is 16.2. The highest BCUT2D eigenvalue weighted by molar-refractivity contribution is 5.94. The maximum absolute atomic E-state index is 12.4. The molecule has 1 heterocycles. The number of amides is 1. The zero-order valence-electron chi connectivity index (χ0n) is 10.4. The predicted octanol–water partition coefficient (Wildman–Crippen LogP) is 3.15. The molecule has 0 N–H and O–H groups in total. The van der Waals surface area contributed by atoms with E-state index in [9.17, 15) is 4.79 Å². The largest absolute Gasteiger partial charge is 0.330 e. The fraction of sp³-hybridized carbons (Fsp3) is 0.188. The van der Waals surface area contributed by atoms with Crippen LogP contribution >= 0.6 is 0 Å². The summed E-state index contributed by atoms with van der Waals surface area (Å²) in [6.45, 7) is 3.46. The molecular formula is C16H15NO. The van der Waals surface area contributed by atoms with Gasteiger partial charge in [0.2, 0.25) is 0 Å². The van der Waals surface area contributed by atoms with Crippen LogP contribution < -0.4 is 0 Å². The standard InChI is InChI=1S/C16H15NO/c1-12-5-4-8-13(9-12)16(18)17-10-14-6-2-3-7-15(14)11-17/h2-9H,10-11H2,1H3. The number of hydrogen-bond acceptors (Lipinski definition) is 1. The fourth-order valence-electron chi connectivity index (χ4n) is 2.44. The van der Waals surface area contributed by atoms with Crippen LogP contribution in [0.2, 0.25) is 0 Å². The average molecular weight is 237 g/mol. The summed E-state index contributed by atoms with van der Waals surface area (Å²) in [5, 5.41) is 0. The van der Waals surface area contributed by atoms with E-state index in [1.165, 1.54) is 11.1 Å². The summed E-state index contributed by atoms with van der Waals surface area (Å²) in [6, 6.07) is 16.0. The highest BCUT2D eigenvalue weighted by Gasteiger charge is 2.23. The van der Waals surface area contributed by atoms with Crippen LogP contribution in [0.15, 0.2) is 48.5 Å². The second kappa shape index (κ2) is 4.30. The van der Waals surface area contributed by atoms with Gasteiger partial charge in [-0.2, -0.15) is 0 Å². The summed E-state index contributed by atoms with van der Waals surface area (Å²) in [6.07, 6.45) is 0. The van der Waals surface area contributed by atoms with Crippen molar-refractivity contribution >= 4 is 5.91 Å². The molecule has 0 fully saturated rings. The lowest BCUT2D eigenvalue weighted by atomic mass is 10.1. The van der Waals surface area contributed by atoms with Gasteiger partial charge in [-0.05, 0) is 30.2 Å². The molecule has 0 spiro atoms. The summed E-state index contributed by atoms with van der Waals surface area (Å²) >= 11 is 0. The van der Waals surface area contributed by atoms with Crippen LogP contribution in [0.4, 0.5) is 0 Å². The van der Waals surface area contributed by atoms with Gasteiger partial charge in [0.15, 0.2) is 0 Å². The summed E-state index contributed by atoms with van der Waals surface area (Å²) in [4.78, 5) is 14.3. The van der Waals surface area contributed by atoms with E-state index < -0.39 is 0 Å². The van der Waals surface area contributed by atoms with Crippen LogP contribution in [-0.2, 0) is 13.1 Å². The first-order valence-electron chi connectivity index (χ1n) is 6.17. The molecule has 2 heteroatoms. The van der Waals surface area contributed by atoms with Crippen LogP contribution in [0.5, 0.6) is 0 Å². The molecule has 0 saturated heterocycles. The molecule has 1 aliphatic heterocycles. The number of hydrogen-bond donors (Lipinski definition) is 0. The molecule has 0 bridgehead atoms. The molecule has 0 radical (unpaired) electrons. The minimum atomic E-state index is 0.120. The van der Waals surface area contributed by atoms with E-state index in [2.05, 4.69) is 12.1 Å². The molecular weight excluding hydrogens is 222 g/mol. The number of nitrogens with zero attached hydrogens (tertiary/aromatic N) is 1. The van der Waals surface area contributed by atoms with Crippen molar-refractivity contribution in [3.8, 4) is 0 Å². The van der Waals surface area contributed by atoms with Gasteiger partial charge in [-0.15, -0.1) is 0 Å². The van der Waals surface area contributed by atoms with Crippen molar-refractivity contribution in [2.24, 2.45) is 0 Å². The summed E-state index contributed by atoms with van der Waals surface area (Å²) < 4.78 is 0. The maximum Gasteiger partial charge on any atom is 0.254 e. The third kappa shape index (κ3) is 1.90. The van der Waals surface area contributed by atoms with E-state index >= 15 is 0 Å². The van der Waals surface area contributed by atoms with Gasteiger partial charge in [0.25, 0.3) is 5.91 Å². The second-order valence-corrected chi connectivity index (χ2v) is 4.80. The topological polar surface area (TPSA) is 20.3 Å². The first-order chi connectivity index (χ1) is 8.74. The number of carbonyl (C=O) groups is 1. The Balaban J connectivity index is 1.84. The van der Waals surface area contributed by atoms with Gasteiger partial charge in [-0.3, -0.25) is 4.79 Å². The van der Waals surface area contributed by atoms with Crippen molar-refractivity contribution in [1.82, 2.24) is 4.90 Å². The van der Waals surface area contributed by atoms with E-state index in [4.69, 9.17) is 0 Å². The summed E-state index contributed by atoms with van der Waals surface area (Å²) in [5.41, 5.74) is 4.43. The van der Waals surface area contributed by atoms with Crippen LogP contribution in [-0.4, -0.2) is 10.8 Å². The van der Waals surface area contributed by atoms with E-state index in [1.54, 1.807) is 0 Å². The molecule has 0 saturated carbocycles. The lowest BCUT2D eigenvalue weighted by Gasteiger charge is -2.15. The molecule has 18 heavy (non-hydrogen) atoms. The Kier molecular flexibility index (Phi) is 2.63. The van der Waals surface area contributed by atoms with E-state index in [0.717, 1.165) is 24.2 Å². The molecule has 0 aromatic heterocycles. The van der Waals surface area contributed by atoms with E-state index in [1.807, 2.05) is 48.2 Å². The molecule has 2 aromatic carbocycles. The molecule has 2 aromatic rings. The van der Waals surface area contributed by atoms with Gasteiger partial charge < -0.3 is 4.90 Å². The minimum absolute atomic E-state index is 0.120. The SMILES string of the molecule is Cc1cccc(C(=O)N2Cc3ccccc3C2)c1. The van der Waals surface area contributed by atoms with Crippen LogP contribution in [0, 0.1) is 6.92 Å². The maximum atomic E-state index is 12.4. The monoisotopic (exact) mass is 237 g/mol. The van der Waals surface area contributed by atoms with Crippen molar-refractivity contribution in [2.45, 2.75) is 20.0 Å². The highest BCUT2D eigenvalue weighted by Crippen LogP contribution is 2.24. The molecule has 2 nitrogen and oxygen atoms in total. The Labute approximate surface area is 107 Å². The molecule has 1 amide bonds. The Bertz CT molecular complexity index is 579. The minimum Gasteiger partial charge on any atom is -0.330 e. The quantitative estimate of drug-likeness (QED) is 0.746. The smallest absolute Gasteiger partial charge is 0.254 e. The van der Waals surface area contributed by atoms with Gasteiger partial charge in [-0.25, -0.2) is 0 Å². The number of carbonyl (C=O) groups excluding carboxylic acids is 1. The van der Waals surface area contributed by atoms with Crippen molar-refractivity contribution in [1.29, 1.82) is 0 Å². The zero-order chi connectivity index (χ0) is 12.5. The van der Waals surface area contributed by atoms with Crippen molar-refractivity contribution in [2.75, 3.05) is 0 Å². The lowest BCUT2D eigenvalue weighted by molar-refractivity contribution is 0.0751. The van der Waals surface area contributed by atoms with Crippen LogP contribution in [0.1, 0.15) is 27.0 Å².